The predicted molar refractivity (Wildman–Crippen MR) is 66.5 cm³/mol. The molecule has 14 heavy (non-hydrogen) atoms. The van der Waals surface area contributed by atoms with Crippen LogP contribution in [0.15, 0.2) is 0 Å². The maximum Gasteiger partial charge on any atom is -0.0252 e. The summed E-state index contributed by atoms with van der Waals surface area (Å²) in [5.41, 5.74) is 1.49. The number of hydrogen-bond acceptors (Lipinski definition) is 0. The topological polar surface area (TPSA) is 0 Å². The average molecular weight is 198 g/mol. The van der Waals surface area contributed by atoms with Gasteiger partial charge in [-0.1, -0.05) is 61.8 Å². The van der Waals surface area contributed by atoms with Crippen LogP contribution < -0.4 is 0 Å². The quantitative estimate of drug-likeness (QED) is 0.497. The van der Waals surface area contributed by atoms with Gasteiger partial charge in [0.2, 0.25) is 0 Å². The van der Waals surface area contributed by atoms with Gasteiger partial charge in [0, 0.05) is 0 Å². The summed E-state index contributed by atoms with van der Waals surface area (Å²) in [6.45, 7) is 18.6. The van der Waals surface area contributed by atoms with E-state index in [0.717, 1.165) is 0 Å². The van der Waals surface area contributed by atoms with E-state index in [-0.39, 0.29) is 0 Å². The zero-order valence-electron chi connectivity index (χ0n) is 11.6. The zero-order chi connectivity index (χ0) is 11.6. The van der Waals surface area contributed by atoms with Crippen LogP contribution in [0.5, 0.6) is 0 Å². The minimum Gasteiger partial charge on any atom is -0.0683 e. The van der Waals surface area contributed by atoms with Gasteiger partial charge >= 0.3 is 0 Å². The Labute approximate surface area is 91.5 Å². The zero-order valence-corrected chi connectivity index (χ0v) is 11.6. The summed E-state index contributed by atoms with van der Waals surface area (Å²) >= 11 is 0. The van der Waals surface area contributed by atoms with Crippen LogP contribution in [0.3, 0.4) is 0 Å². The van der Waals surface area contributed by atoms with E-state index in [1.54, 1.807) is 0 Å². The van der Waals surface area contributed by atoms with E-state index in [9.17, 15) is 0 Å². The lowest BCUT2D eigenvalue weighted by atomic mass is 9.49. The molecular formula is C14H30. The summed E-state index contributed by atoms with van der Waals surface area (Å²) in [6.07, 6.45) is 4.19. The van der Waals surface area contributed by atoms with Gasteiger partial charge in [0.15, 0.2) is 0 Å². The molecule has 0 aliphatic heterocycles. The monoisotopic (exact) mass is 198 g/mol. The van der Waals surface area contributed by atoms with Gasteiger partial charge in [0.25, 0.3) is 0 Å². The van der Waals surface area contributed by atoms with Crippen LogP contribution in [0.4, 0.5) is 0 Å². The molecule has 1 fully saturated rings. The second kappa shape index (κ2) is 4.24. The molecule has 1 aliphatic rings. The first-order valence-electron chi connectivity index (χ1n) is 6.21. The highest BCUT2D eigenvalue weighted by atomic mass is 14.5. The molecule has 0 nitrogen and oxygen atoms in total. The van der Waals surface area contributed by atoms with E-state index in [1.807, 2.05) is 13.8 Å². The van der Waals surface area contributed by atoms with Crippen molar-refractivity contribution in [3.63, 3.8) is 0 Å². The molecule has 0 heteroatoms. The lowest BCUT2D eigenvalue weighted by molar-refractivity contribution is -0.0646. The first kappa shape index (κ1) is 14.0. The number of rotatable bonds is 0. The molecule has 0 heterocycles. The molecular weight excluding hydrogens is 168 g/mol. The first-order chi connectivity index (χ1) is 6.21. The SMILES string of the molecule is CC.CC1(C)CCCC(C)(C)C1(C)C. The second-order valence-corrected chi connectivity index (χ2v) is 6.25. The van der Waals surface area contributed by atoms with Crippen molar-refractivity contribution in [2.75, 3.05) is 0 Å². The summed E-state index contributed by atoms with van der Waals surface area (Å²) in [7, 11) is 0. The van der Waals surface area contributed by atoms with E-state index in [1.165, 1.54) is 19.3 Å². The molecule has 0 amide bonds. The molecule has 1 aliphatic carbocycles. The molecule has 0 N–H and O–H groups in total. The third-order valence-electron chi connectivity index (χ3n) is 4.99. The third-order valence-corrected chi connectivity index (χ3v) is 4.99. The van der Waals surface area contributed by atoms with Crippen LogP contribution in [0, 0.1) is 16.2 Å². The van der Waals surface area contributed by atoms with E-state index in [2.05, 4.69) is 41.5 Å². The third kappa shape index (κ3) is 2.15. The van der Waals surface area contributed by atoms with Crippen LogP contribution in [0.1, 0.15) is 74.7 Å². The van der Waals surface area contributed by atoms with Crippen LogP contribution in [-0.4, -0.2) is 0 Å². The molecule has 86 valence electrons. The Morgan fingerprint density at radius 2 is 0.929 bits per heavy atom. The molecule has 0 radical (unpaired) electrons. The van der Waals surface area contributed by atoms with E-state index in [4.69, 9.17) is 0 Å². The lowest BCUT2D eigenvalue weighted by Crippen LogP contribution is -2.47. The molecule has 1 saturated carbocycles. The van der Waals surface area contributed by atoms with Gasteiger partial charge in [-0.05, 0) is 29.1 Å². The Kier molecular flexibility index (Phi) is 4.24. The van der Waals surface area contributed by atoms with Crippen LogP contribution in [-0.2, 0) is 0 Å². The largest absolute Gasteiger partial charge is 0.0683 e. The normalized spacial score (nSPS) is 27.4. The van der Waals surface area contributed by atoms with E-state index >= 15 is 0 Å². The van der Waals surface area contributed by atoms with Gasteiger partial charge in [-0.15, -0.1) is 0 Å². The molecule has 0 saturated heterocycles. The summed E-state index contributed by atoms with van der Waals surface area (Å²) in [5.74, 6) is 0. The fraction of sp³-hybridized carbons (Fsp3) is 1.00. The van der Waals surface area contributed by atoms with E-state index in [0.29, 0.717) is 16.2 Å². The minimum atomic E-state index is 0.470. The number of hydrogen-bond donors (Lipinski definition) is 0. The van der Waals surface area contributed by atoms with Gasteiger partial charge in [0.1, 0.15) is 0 Å². The van der Waals surface area contributed by atoms with Gasteiger partial charge in [-0.2, -0.15) is 0 Å². The Morgan fingerprint density at radius 3 is 1.14 bits per heavy atom. The van der Waals surface area contributed by atoms with Gasteiger partial charge in [-0.25, -0.2) is 0 Å². The molecule has 0 bridgehead atoms. The van der Waals surface area contributed by atoms with Crippen molar-refractivity contribution in [2.45, 2.75) is 74.7 Å². The highest BCUT2D eigenvalue weighted by Crippen LogP contribution is 2.59. The highest BCUT2D eigenvalue weighted by molar-refractivity contribution is 4.99. The van der Waals surface area contributed by atoms with Gasteiger partial charge in [0.05, 0.1) is 0 Å². The fourth-order valence-corrected chi connectivity index (χ4v) is 2.51. The van der Waals surface area contributed by atoms with Crippen LogP contribution >= 0.6 is 0 Å². The predicted octanol–water partition coefficient (Wildman–Crippen LogP) is 5.28. The van der Waals surface area contributed by atoms with Gasteiger partial charge in [-0.3, -0.25) is 0 Å². The average Bonchev–Trinajstić information content (AvgIpc) is 2.04. The van der Waals surface area contributed by atoms with Crippen LogP contribution in [0.25, 0.3) is 0 Å². The molecule has 0 aromatic rings. The molecule has 0 atom stereocenters. The van der Waals surface area contributed by atoms with Crippen molar-refractivity contribution >= 4 is 0 Å². The van der Waals surface area contributed by atoms with Crippen molar-refractivity contribution in [3.05, 3.63) is 0 Å². The highest BCUT2D eigenvalue weighted by Gasteiger charge is 2.49. The Bertz CT molecular complexity index is 154. The van der Waals surface area contributed by atoms with Crippen molar-refractivity contribution in [3.8, 4) is 0 Å². The standard InChI is InChI=1S/C12H24.C2H6/c1-10(2)8-7-9-11(3,4)12(10,5)6;1-2/h7-9H2,1-6H3;1-2H3. The van der Waals surface area contributed by atoms with Crippen molar-refractivity contribution in [2.24, 2.45) is 16.2 Å². The summed E-state index contributed by atoms with van der Waals surface area (Å²) in [4.78, 5) is 0. The van der Waals surface area contributed by atoms with Crippen LogP contribution in [0.2, 0.25) is 0 Å². The van der Waals surface area contributed by atoms with Crippen molar-refractivity contribution in [1.29, 1.82) is 0 Å². The second-order valence-electron chi connectivity index (χ2n) is 6.25. The maximum atomic E-state index is 2.44. The minimum absolute atomic E-state index is 0.470. The molecule has 1 rings (SSSR count). The van der Waals surface area contributed by atoms with Gasteiger partial charge < -0.3 is 0 Å². The molecule has 0 spiro atoms. The molecule has 0 aromatic heterocycles. The Balaban J connectivity index is 0.000000791. The molecule has 0 unspecified atom stereocenters. The smallest absolute Gasteiger partial charge is 0.0252 e. The first-order valence-corrected chi connectivity index (χ1v) is 6.21. The van der Waals surface area contributed by atoms with Crippen molar-refractivity contribution in [1.82, 2.24) is 0 Å². The lowest BCUT2D eigenvalue weighted by Gasteiger charge is -2.56. The van der Waals surface area contributed by atoms with E-state index < -0.39 is 0 Å². The Hall–Kier alpha value is 0. The Morgan fingerprint density at radius 1 is 0.643 bits per heavy atom. The fourth-order valence-electron chi connectivity index (χ4n) is 2.51. The summed E-state index contributed by atoms with van der Waals surface area (Å²) < 4.78 is 0. The molecule has 0 aromatic carbocycles. The summed E-state index contributed by atoms with van der Waals surface area (Å²) in [5, 5.41) is 0. The summed E-state index contributed by atoms with van der Waals surface area (Å²) in [6, 6.07) is 0. The maximum absolute atomic E-state index is 2.44. The van der Waals surface area contributed by atoms with Crippen molar-refractivity contribution < 1.29 is 0 Å².